The number of fused-ring (bicyclic) bond motifs is 3. The quantitative estimate of drug-likeness (QED) is 0.409. The van der Waals surface area contributed by atoms with E-state index in [1.54, 1.807) is 33.8 Å². The maximum atomic E-state index is 14.3. The van der Waals surface area contributed by atoms with E-state index in [4.69, 9.17) is 14.2 Å². The minimum Gasteiger partial charge on any atom is -0.373 e. The number of ether oxygens (including phenoxy) is 3. The molecule has 0 bridgehead atoms. The number of rotatable bonds is 6. The summed E-state index contributed by atoms with van der Waals surface area (Å²) >= 11 is 0. The molecule has 1 aromatic heterocycles. The highest BCUT2D eigenvalue weighted by molar-refractivity contribution is 7.90. The first-order valence-electron chi connectivity index (χ1n) is 15.5. The SMILES string of the molecule is C[C@@H]1CN(S(=O)(=O)c2ccc3[nH]c4c(S(=O)(=O)N5C[C@@H](C)O[C@@H](C)C5)cc(S(=O)(=O)N5C[C@@H](C)O[C@@H](C)C5)cc4c3c2)C[C@H](C)O1. The predicted molar refractivity (Wildman–Crippen MR) is 172 cm³/mol. The van der Waals surface area contributed by atoms with Crippen LogP contribution in [-0.2, 0) is 44.3 Å². The number of aromatic nitrogens is 1. The van der Waals surface area contributed by atoms with Gasteiger partial charge in [0.15, 0.2) is 0 Å². The first kappa shape index (κ1) is 33.7. The van der Waals surface area contributed by atoms with Crippen molar-refractivity contribution in [3.05, 3.63) is 30.3 Å². The van der Waals surface area contributed by atoms with Crippen molar-refractivity contribution in [1.29, 1.82) is 0 Å². The van der Waals surface area contributed by atoms with Crippen LogP contribution in [0.5, 0.6) is 0 Å². The fraction of sp³-hybridized carbons (Fsp3) is 0.600. The number of nitrogens with one attached hydrogen (secondary N) is 1. The van der Waals surface area contributed by atoms with Gasteiger partial charge in [0, 0.05) is 55.6 Å². The lowest BCUT2D eigenvalue weighted by Crippen LogP contribution is -2.48. The van der Waals surface area contributed by atoms with Gasteiger partial charge in [-0.1, -0.05) is 0 Å². The van der Waals surface area contributed by atoms with Crippen molar-refractivity contribution in [3.63, 3.8) is 0 Å². The van der Waals surface area contributed by atoms with Crippen LogP contribution in [0.25, 0.3) is 21.8 Å². The molecular weight excluding hydrogens is 657 g/mol. The number of nitrogens with zero attached hydrogens (tertiary/aromatic N) is 3. The number of hydrogen-bond acceptors (Lipinski definition) is 9. The first-order valence-corrected chi connectivity index (χ1v) is 19.8. The summed E-state index contributed by atoms with van der Waals surface area (Å²) in [6, 6.07) is 7.20. The Morgan fingerprint density at radius 1 is 0.543 bits per heavy atom. The van der Waals surface area contributed by atoms with Gasteiger partial charge in [-0.25, -0.2) is 25.3 Å². The summed E-state index contributed by atoms with van der Waals surface area (Å²) in [6.45, 7) is 11.6. The molecule has 0 spiro atoms. The van der Waals surface area contributed by atoms with E-state index in [9.17, 15) is 25.3 Å². The van der Waals surface area contributed by atoms with Gasteiger partial charge in [-0.05, 0) is 71.9 Å². The Balaban J connectivity index is 1.55. The van der Waals surface area contributed by atoms with Crippen LogP contribution in [0.3, 0.4) is 0 Å². The number of hydrogen-bond donors (Lipinski definition) is 1. The predicted octanol–water partition coefficient (Wildman–Crippen LogP) is 2.71. The summed E-state index contributed by atoms with van der Waals surface area (Å²) in [4.78, 5) is 2.79. The van der Waals surface area contributed by atoms with Crippen LogP contribution < -0.4 is 0 Å². The van der Waals surface area contributed by atoms with Crippen LogP contribution in [0.15, 0.2) is 45.0 Å². The topological polar surface area (TPSA) is 156 Å². The van der Waals surface area contributed by atoms with Crippen molar-refractivity contribution in [2.24, 2.45) is 0 Å². The second kappa shape index (κ2) is 12.1. The highest BCUT2D eigenvalue weighted by Crippen LogP contribution is 2.37. The third kappa shape index (κ3) is 6.12. The van der Waals surface area contributed by atoms with E-state index in [2.05, 4.69) is 4.98 Å². The highest BCUT2D eigenvalue weighted by atomic mass is 32.2. The smallest absolute Gasteiger partial charge is 0.245 e. The summed E-state index contributed by atoms with van der Waals surface area (Å²) in [5, 5.41) is 0.686. The van der Waals surface area contributed by atoms with Crippen LogP contribution in [0.2, 0.25) is 0 Å². The standard InChI is InChI=1S/C30H42N4O9S3/c1-18-12-32(13-19(2)41-18)44(35,36)24-7-8-28-26(9-24)27-10-25(45(37,38)33-14-20(3)42-21(4)15-33)11-29(30(27)31-28)46(39,40)34-16-22(5)43-23(6)17-34/h7-11,18-23,31H,12-17H2,1-6H3/t18-,19+,20-,21+,22-,23+. The zero-order valence-corrected chi connectivity index (χ0v) is 29.3. The molecule has 0 unspecified atom stereocenters. The van der Waals surface area contributed by atoms with Gasteiger partial charge < -0.3 is 19.2 Å². The molecule has 6 atom stereocenters. The molecule has 1 N–H and O–H groups in total. The molecule has 0 radical (unpaired) electrons. The van der Waals surface area contributed by atoms with E-state index >= 15 is 0 Å². The van der Waals surface area contributed by atoms with Gasteiger partial charge in [-0.15, -0.1) is 0 Å². The number of benzene rings is 2. The minimum absolute atomic E-state index is 0.0199. The van der Waals surface area contributed by atoms with Gasteiger partial charge in [0.25, 0.3) is 0 Å². The molecule has 0 amide bonds. The second-order valence-electron chi connectivity index (χ2n) is 12.9. The average Bonchev–Trinajstić information content (AvgIpc) is 3.33. The molecular formula is C30H42N4O9S3. The molecule has 2 aromatic carbocycles. The van der Waals surface area contributed by atoms with E-state index in [-0.39, 0.29) is 96.1 Å². The maximum absolute atomic E-state index is 14.3. The van der Waals surface area contributed by atoms with Gasteiger partial charge in [-0.2, -0.15) is 12.9 Å². The largest absolute Gasteiger partial charge is 0.373 e. The van der Waals surface area contributed by atoms with Gasteiger partial charge in [0.2, 0.25) is 30.1 Å². The number of morpholine rings is 3. The highest BCUT2D eigenvalue weighted by Gasteiger charge is 2.38. The van der Waals surface area contributed by atoms with E-state index in [0.29, 0.717) is 16.3 Å². The van der Waals surface area contributed by atoms with Crippen LogP contribution in [0.1, 0.15) is 41.5 Å². The molecule has 0 aliphatic carbocycles. The Bertz CT molecular complexity index is 1950. The molecule has 3 saturated heterocycles. The fourth-order valence-electron chi connectivity index (χ4n) is 6.85. The number of sulfonamides is 3. The molecule has 46 heavy (non-hydrogen) atoms. The Labute approximate surface area is 270 Å². The fourth-order valence-corrected chi connectivity index (χ4v) is 12.0. The van der Waals surface area contributed by atoms with Gasteiger partial charge in [0.05, 0.1) is 51.9 Å². The molecule has 16 heteroatoms. The van der Waals surface area contributed by atoms with E-state index < -0.39 is 30.1 Å². The normalized spacial score (nSPS) is 29.9. The molecule has 3 aromatic rings. The van der Waals surface area contributed by atoms with Crippen LogP contribution in [0.4, 0.5) is 0 Å². The summed E-state index contributed by atoms with van der Waals surface area (Å²) in [5.41, 5.74) is 0.675. The lowest BCUT2D eigenvalue weighted by atomic mass is 10.1. The van der Waals surface area contributed by atoms with Crippen molar-refractivity contribution >= 4 is 51.9 Å². The van der Waals surface area contributed by atoms with Crippen molar-refractivity contribution < 1.29 is 39.5 Å². The molecule has 254 valence electrons. The van der Waals surface area contributed by atoms with Crippen molar-refractivity contribution in [3.8, 4) is 0 Å². The average molecular weight is 699 g/mol. The summed E-state index contributed by atoms with van der Waals surface area (Å²) in [6.07, 6.45) is -2.00. The van der Waals surface area contributed by atoms with E-state index in [1.807, 2.05) is 13.8 Å². The molecule has 0 saturated carbocycles. The lowest BCUT2D eigenvalue weighted by Gasteiger charge is -2.35. The molecule has 3 aliphatic heterocycles. The number of H-pyrrole nitrogens is 1. The zero-order valence-electron chi connectivity index (χ0n) is 26.8. The molecule has 13 nitrogen and oxygen atoms in total. The van der Waals surface area contributed by atoms with Crippen molar-refractivity contribution in [1.82, 2.24) is 17.9 Å². The Morgan fingerprint density at radius 2 is 0.935 bits per heavy atom. The van der Waals surface area contributed by atoms with E-state index in [0.717, 1.165) is 0 Å². The van der Waals surface area contributed by atoms with E-state index in [1.165, 1.54) is 37.2 Å². The summed E-state index contributed by atoms with van der Waals surface area (Å²) in [5.74, 6) is 0. The van der Waals surface area contributed by atoms with Crippen LogP contribution in [-0.4, -0.2) is 119 Å². The molecule has 4 heterocycles. The molecule has 6 rings (SSSR count). The molecule has 3 aliphatic rings. The van der Waals surface area contributed by atoms with Crippen LogP contribution in [0, 0.1) is 0 Å². The minimum atomic E-state index is -4.23. The monoisotopic (exact) mass is 698 g/mol. The maximum Gasteiger partial charge on any atom is 0.245 e. The van der Waals surface area contributed by atoms with Crippen LogP contribution >= 0.6 is 0 Å². The summed E-state index contributed by atoms with van der Waals surface area (Å²) < 4.78 is 106. The van der Waals surface area contributed by atoms with Gasteiger partial charge >= 0.3 is 0 Å². The first-order chi connectivity index (χ1) is 21.5. The van der Waals surface area contributed by atoms with Gasteiger partial charge in [0.1, 0.15) is 4.90 Å². The third-order valence-electron chi connectivity index (χ3n) is 8.67. The Morgan fingerprint density at radius 3 is 1.39 bits per heavy atom. The second-order valence-corrected chi connectivity index (χ2v) is 18.7. The Kier molecular flexibility index (Phi) is 8.85. The third-order valence-corrected chi connectivity index (χ3v) is 14.2. The molecule has 3 fully saturated rings. The summed E-state index contributed by atoms with van der Waals surface area (Å²) in [7, 11) is -12.4. The zero-order chi connectivity index (χ0) is 33.3. The van der Waals surface area contributed by atoms with Gasteiger partial charge in [-0.3, -0.25) is 0 Å². The Hall–Kier alpha value is -2.15. The van der Waals surface area contributed by atoms with Crippen molar-refractivity contribution in [2.75, 3.05) is 39.3 Å². The lowest BCUT2D eigenvalue weighted by molar-refractivity contribution is -0.0442. The van der Waals surface area contributed by atoms with Crippen molar-refractivity contribution in [2.45, 2.75) is 92.9 Å². The number of aromatic amines is 1.